The van der Waals surface area contributed by atoms with Gasteiger partial charge in [-0.25, -0.2) is 19.4 Å². The van der Waals surface area contributed by atoms with E-state index in [1.165, 1.54) is 30.8 Å². The van der Waals surface area contributed by atoms with Crippen LogP contribution in [0.15, 0.2) is 58.5 Å². The zero-order valence-corrected chi connectivity index (χ0v) is 40.0. The number of amides is 1. The lowest BCUT2D eigenvalue weighted by atomic mass is 9.85. The number of aromatic nitrogens is 2. The molecule has 10 rings (SSSR count). The molecule has 4 aliphatic heterocycles. The van der Waals surface area contributed by atoms with Crippen molar-refractivity contribution in [2.45, 2.75) is 96.6 Å². The maximum atomic E-state index is 14.5. The van der Waals surface area contributed by atoms with E-state index >= 15 is 0 Å². The van der Waals surface area contributed by atoms with Gasteiger partial charge in [-0.3, -0.25) is 45.3 Å². The molecule has 0 unspecified atom stereocenters. The lowest BCUT2D eigenvalue weighted by molar-refractivity contribution is -0.395. The zero-order chi connectivity index (χ0) is 52.5. The molecule has 0 saturated carbocycles. The second-order valence-corrected chi connectivity index (χ2v) is 18.6. The van der Waals surface area contributed by atoms with E-state index < -0.39 is 112 Å². The number of hydrogen-bond donors (Lipinski definition) is 0. The van der Waals surface area contributed by atoms with Gasteiger partial charge in [-0.1, -0.05) is 31.5 Å². The molecule has 74 heavy (non-hydrogen) atoms. The number of nitro benzene ring substituents is 4. The number of likely N-dealkylation sites (tertiary alicyclic amines) is 2. The molecule has 3 aromatic carbocycles. The first-order valence-corrected chi connectivity index (χ1v) is 24.0. The minimum absolute atomic E-state index is 0.0106. The quantitative estimate of drug-likeness (QED) is 0.0668. The second-order valence-electron chi connectivity index (χ2n) is 18.6. The molecule has 5 aliphatic rings. The molecule has 25 nitrogen and oxygen atoms in total. The lowest BCUT2D eigenvalue weighted by Crippen LogP contribution is -2.48. The Kier molecular flexibility index (Phi) is 12.4. The van der Waals surface area contributed by atoms with Crippen molar-refractivity contribution >= 4 is 57.4 Å². The second kappa shape index (κ2) is 18.7. The number of piperidine rings is 2. The van der Waals surface area contributed by atoms with Gasteiger partial charge >= 0.3 is 18.0 Å². The van der Waals surface area contributed by atoms with Crippen molar-refractivity contribution in [3.05, 3.63) is 133 Å². The van der Waals surface area contributed by atoms with Crippen LogP contribution in [0, 0.1) is 40.5 Å². The van der Waals surface area contributed by atoms with Gasteiger partial charge in [0.2, 0.25) is 11.7 Å². The Morgan fingerprint density at radius 1 is 0.851 bits per heavy atom. The van der Waals surface area contributed by atoms with Crippen molar-refractivity contribution in [2.75, 3.05) is 26.2 Å². The van der Waals surface area contributed by atoms with Crippen LogP contribution >= 0.6 is 0 Å². The van der Waals surface area contributed by atoms with E-state index in [4.69, 9.17) is 24.0 Å². The molecule has 0 N–H and O–H groups in total. The number of benzene rings is 3. The number of fused-ring (bicyclic) bond motifs is 8. The van der Waals surface area contributed by atoms with Gasteiger partial charge in [-0.2, -0.15) is 0 Å². The SMILES string of the molecule is CCc1c2c(nc3cccc(OC(=O)N4CCC(N5CCCCC5)CC4)c13)-c1cc3c(c(=O)n1C2)COC(=O)[C@@]3(CC)OC(=O)[C@@H](C)ON=C1c2cc([N+](=O)[O-])cc([N+](=O)[O-])c2-c2c1cc([N+](=O)[O-])cc2[N+](=O)[O-]. The van der Waals surface area contributed by atoms with Gasteiger partial charge in [0.15, 0.2) is 0 Å². The van der Waals surface area contributed by atoms with E-state index in [0.717, 1.165) is 50.6 Å². The fraction of sp³-hybridized carbons (Fsp3) is 0.388. The van der Waals surface area contributed by atoms with Gasteiger partial charge in [-0.15, -0.1) is 0 Å². The van der Waals surface area contributed by atoms with Crippen molar-refractivity contribution in [2.24, 2.45) is 5.16 Å². The summed E-state index contributed by atoms with van der Waals surface area (Å²) in [6.07, 6.45) is 3.28. The fourth-order valence-corrected chi connectivity index (χ4v) is 11.0. The Labute approximate surface area is 417 Å². The van der Waals surface area contributed by atoms with E-state index in [-0.39, 0.29) is 24.1 Å². The summed E-state index contributed by atoms with van der Waals surface area (Å²) in [5, 5.41) is 52.9. The molecule has 6 heterocycles. The van der Waals surface area contributed by atoms with Crippen LogP contribution in [-0.2, 0) is 49.1 Å². The highest BCUT2D eigenvalue weighted by Crippen LogP contribution is 2.51. The van der Waals surface area contributed by atoms with Crippen molar-refractivity contribution in [1.29, 1.82) is 0 Å². The van der Waals surface area contributed by atoms with Crippen LogP contribution in [0.4, 0.5) is 27.5 Å². The summed E-state index contributed by atoms with van der Waals surface area (Å²) in [6, 6.07) is 9.95. The Balaban J connectivity index is 0.965. The molecule has 0 spiro atoms. The van der Waals surface area contributed by atoms with Crippen molar-refractivity contribution in [1.82, 2.24) is 19.4 Å². The summed E-state index contributed by atoms with van der Waals surface area (Å²) in [5.41, 5.74) is -6.20. The predicted molar refractivity (Wildman–Crippen MR) is 259 cm³/mol. The summed E-state index contributed by atoms with van der Waals surface area (Å²) in [4.78, 5) is 116. The first kappa shape index (κ1) is 48.9. The Morgan fingerprint density at radius 2 is 1.49 bits per heavy atom. The third-order valence-electron chi connectivity index (χ3n) is 14.6. The first-order chi connectivity index (χ1) is 35.5. The number of rotatable bonds is 12. The van der Waals surface area contributed by atoms with Gasteiger partial charge in [0.25, 0.3) is 28.3 Å². The van der Waals surface area contributed by atoms with E-state index in [2.05, 4.69) is 10.1 Å². The summed E-state index contributed by atoms with van der Waals surface area (Å²) in [7, 11) is 0. The number of hydrogen-bond acceptors (Lipinski definition) is 19. The maximum absolute atomic E-state index is 14.5. The third-order valence-corrected chi connectivity index (χ3v) is 14.6. The number of pyridine rings is 2. The van der Waals surface area contributed by atoms with Crippen LogP contribution in [0.3, 0.4) is 0 Å². The van der Waals surface area contributed by atoms with E-state index in [1.807, 2.05) is 6.92 Å². The number of carbonyl (C=O) groups is 3. The van der Waals surface area contributed by atoms with Crippen LogP contribution in [0.25, 0.3) is 33.4 Å². The molecule has 0 radical (unpaired) electrons. The minimum Gasteiger partial charge on any atom is -0.457 e. The molecular formula is C49H45N9O16. The molecule has 2 atom stereocenters. The van der Waals surface area contributed by atoms with Crippen LogP contribution in [0.1, 0.15) is 92.7 Å². The van der Waals surface area contributed by atoms with Gasteiger partial charge in [0.05, 0.1) is 72.0 Å². The maximum Gasteiger partial charge on any atom is 0.415 e. The monoisotopic (exact) mass is 1020 g/mol. The van der Waals surface area contributed by atoms with Crippen molar-refractivity contribution < 1.29 is 53.1 Å². The van der Waals surface area contributed by atoms with Gasteiger partial charge in [0.1, 0.15) is 18.1 Å². The van der Waals surface area contributed by atoms with E-state index in [1.54, 1.807) is 29.2 Å². The number of ether oxygens (including phenoxy) is 3. The minimum atomic E-state index is -2.25. The number of non-ortho nitro benzene ring substituents is 2. The molecule has 2 saturated heterocycles. The number of nitrogens with zero attached hydrogens (tertiary/aromatic N) is 9. The van der Waals surface area contributed by atoms with Crippen molar-refractivity contribution in [3.8, 4) is 28.3 Å². The van der Waals surface area contributed by atoms with Crippen LogP contribution < -0.4 is 10.3 Å². The number of carbonyl (C=O) groups excluding carboxylic acids is 3. The molecule has 25 heteroatoms. The smallest absolute Gasteiger partial charge is 0.415 e. The first-order valence-electron chi connectivity index (χ1n) is 24.0. The molecular weight excluding hydrogens is 971 g/mol. The molecule has 0 bridgehead atoms. The molecule has 2 fully saturated rings. The zero-order valence-electron chi connectivity index (χ0n) is 40.0. The highest BCUT2D eigenvalue weighted by molar-refractivity contribution is 6.27. The number of aryl methyl sites for hydroxylation is 1. The standard InChI is InChI=1S/C49H45N9O16/c1-4-29-32-23-54-38(44(32)50-35-10-9-11-39(40(29)35)72-48(62)53-16-12-26(13-17-53)52-14-7-6-8-15-52)22-34-33(45(54)59)24-71-47(61)49(34,5-2)73-46(60)25(3)74-51-43-30-18-27(55(63)64)20-36(57(67)68)41(30)42-31(43)19-28(56(65)66)21-37(42)58(69)70/h9-11,18-22,25-26H,4-8,12-17,23-24H2,1-3H3/t25-,49+/m1/s1. The summed E-state index contributed by atoms with van der Waals surface area (Å²) >= 11 is 0. The Hall–Kier alpha value is -8.74. The fourth-order valence-electron chi connectivity index (χ4n) is 11.0. The molecule has 382 valence electrons. The predicted octanol–water partition coefficient (Wildman–Crippen LogP) is 7.11. The van der Waals surface area contributed by atoms with Gasteiger partial charge in [-0.05, 0) is 82.3 Å². The van der Waals surface area contributed by atoms with Crippen LogP contribution in [0.5, 0.6) is 5.75 Å². The summed E-state index contributed by atoms with van der Waals surface area (Å²) in [5.74, 6) is -1.96. The normalized spacial score (nSPS) is 18.3. The highest BCUT2D eigenvalue weighted by atomic mass is 16.7. The largest absolute Gasteiger partial charge is 0.457 e. The lowest BCUT2D eigenvalue weighted by Gasteiger charge is -2.39. The Morgan fingerprint density at radius 3 is 2.07 bits per heavy atom. The topological polar surface area (TPSA) is 314 Å². The highest BCUT2D eigenvalue weighted by Gasteiger charge is 2.52. The van der Waals surface area contributed by atoms with Gasteiger partial charge in [0, 0.05) is 58.9 Å². The average Bonchev–Trinajstić information content (AvgIpc) is 3.94. The number of oxime groups is 1. The third kappa shape index (κ3) is 7.98. The van der Waals surface area contributed by atoms with Crippen LogP contribution in [0.2, 0.25) is 0 Å². The number of esters is 2. The summed E-state index contributed by atoms with van der Waals surface area (Å²) < 4.78 is 19.1. The molecule has 1 aliphatic carbocycles. The number of cyclic esters (lactones) is 1. The molecule has 1 amide bonds. The summed E-state index contributed by atoms with van der Waals surface area (Å²) in [6.45, 7) is 7.48. The van der Waals surface area contributed by atoms with Gasteiger partial charge < -0.3 is 33.4 Å². The average molecular weight is 1020 g/mol. The molecule has 2 aromatic heterocycles. The van der Waals surface area contributed by atoms with Crippen LogP contribution in [-0.4, -0.2) is 101 Å². The Bertz CT molecular complexity index is 3330. The number of nitro groups is 4. The van der Waals surface area contributed by atoms with E-state index in [9.17, 15) is 59.6 Å². The van der Waals surface area contributed by atoms with E-state index in [0.29, 0.717) is 71.3 Å². The van der Waals surface area contributed by atoms with Crippen molar-refractivity contribution in [3.63, 3.8) is 0 Å². The molecule has 5 aromatic rings.